The second-order valence-electron chi connectivity index (χ2n) is 21.3. The molecule has 9 aromatic rings. The van der Waals surface area contributed by atoms with Gasteiger partial charge in [0.15, 0.2) is 23.0 Å². The number of nitrogens with zero attached hydrogens (tertiary/aromatic N) is 4. The molecule has 2 aliphatic rings. The number of amidine groups is 1. The van der Waals surface area contributed by atoms with Gasteiger partial charge in [-0.05, 0) is 145 Å². The van der Waals surface area contributed by atoms with E-state index in [1.165, 1.54) is 23.1 Å². The number of carbonyl (C=O) groups is 2. The monoisotopic (exact) mass is 1190 g/mol. The summed E-state index contributed by atoms with van der Waals surface area (Å²) in [5.41, 5.74) is 9.34. The molecule has 2 aliphatic heterocycles. The molecule has 0 bridgehead atoms. The van der Waals surface area contributed by atoms with E-state index in [9.17, 15) is 18.0 Å². The van der Waals surface area contributed by atoms with Crippen LogP contribution in [0.1, 0.15) is 89.6 Å². The van der Waals surface area contributed by atoms with E-state index >= 15 is 0 Å². The number of hydrogen-bond donors (Lipinski definition) is 4. The molecule has 0 radical (unpaired) electrons. The van der Waals surface area contributed by atoms with E-state index in [2.05, 4.69) is 76.0 Å². The van der Waals surface area contributed by atoms with Crippen molar-refractivity contribution >= 4 is 61.0 Å². The van der Waals surface area contributed by atoms with Crippen LogP contribution in [0.2, 0.25) is 0 Å². The van der Waals surface area contributed by atoms with Crippen molar-refractivity contribution in [2.24, 2.45) is 5.84 Å². The number of nitrogens with two attached hydrogens (primary N) is 1. The fourth-order valence-electron chi connectivity index (χ4n) is 9.92. The number of methoxy groups -OCH3 is 2. The smallest absolute Gasteiger partial charge is 0.410 e. The zero-order chi connectivity index (χ0) is 59.9. The van der Waals surface area contributed by atoms with Gasteiger partial charge < -0.3 is 35.2 Å². The minimum atomic E-state index is -4.27. The number of anilines is 1. The van der Waals surface area contributed by atoms with Crippen molar-refractivity contribution in [2.45, 2.75) is 71.9 Å². The number of aromatic nitrogens is 2. The Morgan fingerprint density at radius 2 is 1.25 bits per heavy atom. The maximum atomic E-state index is 13.6. The maximum Gasteiger partial charge on any atom is 0.410 e. The molecular formula is C69H76N8O9S. The van der Waals surface area contributed by atoms with Crippen LogP contribution in [-0.2, 0) is 40.6 Å². The summed E-state index contributed by atoms with van der Waals surface area (Å²) in [6.45, 7) is 7.21. The van der Waals surface area contributed by atoms with Crippen LogP contribution in [0, 0.1) is 5.41 Å². The Morgan fingerprint density at radius 3 is 1.85 bits per heavy atom. The van der Waals surface area contributed by atoms with Crippen LogP contribution in [0.4, 0.5) is 10.5 Å². The molecule has 4 heterocycles. The molecule has 452 valence electrons. The summed E-state index contributed by atoms with van der Waals surface area (Å²) in [4.78, 5) is 33.7. The lowest BCUT2D eigenvalue weighted by molar-refractivity contribution is 0.0162. The number of hydrogen-bond acceptors (Lipinski definition) is 15. The fraction of sp³-hybridized carbons (Fsp3) is 0.232. The van der Waals surface area contributed by atoms with Crippen LogP contribution < -0.4 is 41.3 Å². The number of pyridine rings is 2. The highest BCUT2D eigenvalue weighted by Gasteiger charge is 2.39. The number of ether oxygens (including phenoxy) is 5. The number of sulfone groups is 1. The van der Waals surface area contributed by atoms with Crippen LogP contribution in [-0.4, -0.2) is 79.5 Å². The standard InChI is InChI=1S/C30H36N4O6S.C28H26N2O2.C10H7NO.CH4.H3N/c1-30(2,3)40-29(35)33-16-15-22-17-27(39-19-21-11-7-5-8-12-21)26(38-4)18-24(22)25(33)20-41(36,37)28(31)34(32)23-13-9-6-10-14-23;1-31-27-18-24-23(17-28(27)32-19-21-6-3-2-4-7-21)13-15-30-25(24)12-10-20-9-11-22-8-5-14-29-26(22)16-20;12-7-8-3-4-10-9(6-8)2-1-5-11-10;;/h5-14,17-18,25,31H,15-16,19-20,32H2,1-4H3;2-12,14,16-18,25,30H,13,15,19H2,1H3;1-7H;1H4;1H3/b;12-10+;;;. The Balaban J connectivity index is 0.000000207. The van der Waals surface area contributed by atoms with Gasteiger partial charge in [-0.15, -0.1) is 0 Å². The van der Waals surface area contributed by atoms with Gasteiger partial charge in [-0.1, -0.05) is 123 Å². The molecule has 0 fully saturated rings. The Labute approximate surface area is 509 Å². The zero-order valence-corrected chi connectivity index (χ0v) is 49.7. The highest BCUT2D eigenvalue weighted by molar-refractivity contribution is 8.06. The third-order valence-corrected chi connectivity index (χ3v) is 15.7. The van der Waals surface area contributed by atoms with Gasteiger partial charge in [0.05, 0.1) is 48.8 Å². The highest BCUT2D eigenvalue weighted by atomic mass is 32.2. The molecule has 2 aromatic heterocycles. The van der Waals surface area contributed by atoms with E-state index in [0.29, 0.717) is 47.9 Å². The van der Waals surface area contributed by atoms with E-state index in [-0.39, 0.29) is 26.2 Å². The molecule has 17 nitrogen and oxygen atoms in total. The van der Waals surface area contributed by atoms with Gasteiger partial charge in [-0.3, -0.25) is 30.1 Å². The summed E-state index contributed by atoms with van der Waals surface area (Å²) in [5.74, 6) is 7.92. The van der Waals surface area contributed by atoms with Crippen LogP contribution >= 0.6 is 0 Å². The summed E-state index contributed by atoms with van der Waals surface area (Å²) in [6.07, 6.45) is 9.55. The van der Waals surface area contributed by atoms with E-state index in [1.807, 2.05) is 91.1 Å². The number of rotatable bonds is 14. The molecule has 0 spiro atoms. The minimum Gasteiger partial charge on any atom is -0.493 e. The van der Waals surface area contributed by atoms with Gasteiger partial charge in [0.1, 0.15) is 25.1 Å². The molecule has 2 unspecified atom stereocenters. The lowest BCUT2D eigenvalue weighted by Gasteiger charge is -2.38. The lowest BCUT2D eigenvalue weighted by atomic mass is 9.93. The molecule has 18 heteroatoms. The van der Waals surface area contributed by atoms with Gasteiger partial charge in [0.25, 0.3) is 0 Å². The summed E-state index contributed by atoms with van der Waals surface area (Å²) in [5, 5.41) is 14.2. The molecule has 0 aliphatic carbocycles. The van der Waals surface area contributed by atoms with E-state index in [4.69, 9.17) is 34.9 Å². The number of fused-ring (bicyclic) bond motifs is 4. The fourth-order valence-corrected chi connectivity index (χ4v) is 11.3. The molecule has 7 aromatic carbocycles. The second-order valence-corrected chi connectivity index (χ2v) is 23.2. The first kappa shape index (κ1) is 65.1. The molecule has 1 amide bonds. The molecule has 11 rings (SSSR count). The highest BCUT2D eigenvalue weighted by Crippen LogP contribution is 2.41. The van der Waals surface area contributed by atoms with Crippen LogP contribution in [0.15, 0.2) is 194 Å². The van der Waals surface area contributed by atoms with Crippen molar-refractivity contribution in [3.8, 4) is 23.0 Å². The van der Waals surface area contributed by atoms with E-state index in [0.717, 1.165) is 79.8 Å². The van der Waals surface area contributed by atoms with Gasteiger partial charge in [0, 0.05) is 41.8 Å². The van der Waals surface area contributed by atoms with Crippen LogP contribution in [0.5, 0.6) is 23.0 Å². The second kappa shape index (κ2) is 30.1. The van der Waals surface area contributed by atoms with Gasteiger partial charge in [0.2, 0.25) is 15.0 Å². The first-order chi connectivity index (χ1) is 41.1. The molecule has 87 heavy (non-hydrogen) atoms. The van der Waals surface area contributed by atoms with Gasteiger partial charge >= 0.3 is 6.09 Å². The Hall–Kier alpha value is -9.46. The Kier molecular flexibility index (Phi) is 22.5. The number of para-hydroxylation sites is 1. The van der Waals surface area contributed by atoms with Crippen molar-refractivity contribution in [1.29, 1.82) is 5.41 Å². The largest absolute Gasteiger partial charge is 0.493 e. The third-order valence-electron chi connectivity index (χ3n) is 14.2. The lowest BCUT2D eigenvalue weighted by Crippen LogP contribution is -2.48. The van der Waals surface area contributed by atoms with Gasteiger partial charge in [-0.2, -0.15) is 0 Å². The van der Waals surface area contributed by atoms with Crippen molar-refractivity contribution in [2.75, 3.05) is 38.1 Å². The molecule has 2 atom stereocenters. The van der Waals surface area contributed by atoms with Crippen LogP contribution in [0.25, 0.3) is 27.9 Å². The number of benzene rings is 7. The summed E-state index contributed by atoms with van der Waals surface area (Å²) in [7, 11) is -1.08. The third kappa shape index (κ3) is 16.9. The molecule has 7 N–H and O–H groups in total. The number of hydrazine groups is 1. The minimum absolute atomic E-state index is 0. The average Bonchev–Trinajstić information content (AvgIpc) is 1.09. The predicted octanol–water partition coefficient (Wildman–Crippen LogP) is 13.4. The summed E-state index contributed by atoms with van der Waals surface area (Å²) in [6, 6.07) is 54.8. The Bertz CT molecular complexity index is 3920. The number of nitrogens with one attached hydrogen (secondary N) is 2. The normalized spacial score (nSPS) is 14.2. The first-order valence-corrected chi connectivity index (χ1v) is 29.5. The van der Waals surface area contributed by atoms with E-state index < -0.39 is 38.5 Å². The number of aldehydes is 1. The van der Waals surface area contributed by atoms with Crippen molar-refractivity contribution in [3.05, 3.63) is 239 Å². The first-order valence-electron chi connectivity index (χ1n) is 27.8. The average molecular weight is 1190 g/mol. The predicted molar refractivity (Wildman–Crippen MR) is 346 cm³/mol. The number of amides is 1. The Morgan fingerprint density at radius 1 is 0.690 bits per heavy atom. The SMILES string of the molecule is C.COc1cc2c(cc1OCc1ccccc1)CCN(C(=O)OC(C)(C)C)C2CS(=O)(=O)C(=N)N(N)c1ccccc1.COc1cc2c(cc1OCc1ccccc1)CCNC2/C=C/c1ccc2cccnc2c1.N.O=Cc1ccc2ncccc2c1. The molecular weight excluding hydrogens is 1120 g/mol. The molecule has 0 saturated carbocycles. The topological polar surface area (TPSA) is 244 Å². The van der Waals surface area contributed by atoms with Crippen molar-refractivity contribution < 1.29 is 41.7 Å². The maximum absolute atomic E-state index is 13.6. The van der Waals surface area contributed by atoms with Gasteiger partial charge in [-0.25, -0.2) is 19.1 Å². The zero-order valence-electron chi connectivity index (χ0n) is 48.9. The van der Waals surface area contributed by atoms with E-state index in [1.54, 1.807) is 76.5 Å². The van der Waals surface area contributed by atoms with Crippen LogP contribution in [0.3, 0.4) is 0 Å². The summed E-state index contributed by atoms with van der Waals surface area (Å²) >= 11 is 0. The number of carbonyl (C=O) groups excluding carboxylic acids is 2. The van der Waals surface area contributed by atoms with Crippen molar-refractivity contribution in [3.63, 3.8) is 0 Å². The quantitative estimate of drug-likeness (QED) is 0.0260. The van der Waals surface area contributed by atoms with Crippen molar-refractivity contribution in [1.82, 2.24) is 26.3 Å². The molecule has 0 saturated heterocycles. The summed E-state index contributed by atoms with van der Waals surface area (Å²) < 4.78 is 56.3.